The molecule has 120 valence electrons. The molecule has 0 saturated carbocycles. The molecule has 1 aromatic heterocycles. The lowest BCUT2D eigenvalue weighted by atomic mass is 10.3. The molecule has 1 rings (SSSR count). The van der Waals surface area contributed by atoms with Gasteiger partial charge in [-0.05, 0) is 47.8 Å². The van der Waals surface area contributed by atoms with Crippen molar-refractivity contribution in [3.8, 4) is 6.01 Å². The molecule has 0 atom stereocenters. The molecule has 0 amide bonds. The van der Waals surface area contributed by atoms with E-state index in [1.807, 2.05) is 13.8 Å². The van der Waals surface area contributed by atoms with Crippen molar-refractivity contribution in [1.82, 2.24) is 19.9 Å². The van der Waals surface area contributed by atoms with Gasteiger partial charge >= 0.3 is 6.01 Å². The minimum atomic E-state index is 0.0359. The summed E-state index contributed by atoms with van der Waals surface area (Å²) in [6.07, 6.45) is 1.09. The van der Waals surface area contributed by atoms with E-state index in [0.717, 1.165) is 26.1 Å². The fraction of sp³-hybridized carbons (Fsp3) is 0.786. The first-order chi connectivity index (χ1) is 9.96. The number of aromatic nitrogens is 3. The van der Waals surface area contributed by atoms with E-state index < -0.39 is 0 Å². The molecule has 0 saturated heterocycles. The fourth-order valence-electron chi connectivity index (χ4n) is 1.84. The Kier molecular flexibility index (Phi) is 7.14. The zero-order chi connectivity index (χ0) is 15.8. The molecule has 0 aliphatic rings. The van der Waals surface area contributed by atoms with Gasteiger partial charge < -0.3 is 19.9 Å². The predicted octanol–water partition coefficient (Wildman–Crippen LogP) is 1.48. The number of rotatable bonds is 9. The molecule has 7 heteroatoms. The van der Waals surface area contributed by atoms with Gasteiger partial charge in [0.2, 0.25) is 11.9 Å². The minimum absolute atomic E-state index is 0.0359. The third-order valence-electron chi connectivity index (χ3n) is 2.87. The van der Waals surface area contributed by atoms with Crippen molar-refractivity contribution in [2.24, 2.45) is 0 Å². The maximum Gasteiger partial charge on any atom is 0.323 e. The van der Waals surface area contributed by atoms with Crippen LogP contribution in [0.15, 0.2) is 0 Å². The van der Waals surface area contributed by atoms with Crippen LogP contribution in [-0.2, 0) is 0 Å². The van der Waals surface area contributed by atoms with Crippen LogP contribution in [0.3, 0.4) is 0 Å². The number of ether oxygens (including phenoxy) is 1. The third-order valence-corrected chi connectivity index (χ3v) is 2.87. The highest BCUT2D eigenvalue weighted by molar-refractivity contribution is 5.37. The molecule has 0 aliphatic heterocycles. The minimum Gasteiger partial charge on any atom is -0.461 e. The van der Waals surface area contributed by atoms with Crippen molar-refractivity contribution in [3.63, 3.8) is 0 Å². The average molecular weight is 296 g/mol. The highest BCUT2D eigenvalue weighted by atomic mass is 16.5. The molecular formula is C14H28N6O. The monoisotopic (exact) mass is 296 g/mol. The zero-order valence-electron chi connectivity index (χ0n) is 14.1. The van der Waals surface area contributed by atoms with E-state index >= 15 is 0 Å². The number of nitrogens with one attached hydrogen (secondary N) is 1. The first-order valence-corrected chi connectivity index (χ1v) is 7.46. The molecule has 1 aromatic rings. The Labute approximate surface area is 127 Å². The van der Waals surface area contributed by atoms with E-state index in [1.165, 1.54) is 0 Å². The summed E-state index contributed by atoms with van der Waals surface area (Å²) >= 11 is 0. The van der Waals surface area contributed by atoms with Crippen molar-refractivity contribution < 1.29 is 4.74 Å². The van der Waals surface area contributed by atoms with Gasteiger partial charge in [0.1, 0.15) is 0 Å². The summed E-state index contributed by atoms with van der Waals surface area (Å²) in [7, 11) is 5.94. The molecule has 1 heterocycles. The fourth-order valence-corrected chi connectivity index (χ4v) is 1.84. The summed E-state index contributed by atoms with van der Waals surface area (Å²) in [4.78, 5) is 17.4. The largest absolute Gasteiger partial charge is 0.461 e. The van der Waals surface area contributed by atoms with Crippen LogP contribution in [0.1, 0.15) is 27.2 Å². The van der Waals surface area contributed by atoms with Gasteiger partial charge in [-0.25, -0.2) is 0 Å². The highest BCUT2D eigenvalue weighted by Gasteiger charge is 2.13. The summed E-state index contributed by atoms with van der Waals surface area (Å²) in [6, 6.07) is 0.366. The van der Waals surface area contributed by atoms with Gasteiger partial charge in [0.15, 0.2) is 0 Å². The van der Waals surface area contributed by atoms with E-state index in [2.05, 4.69) is 51.1 Å². The van der Waals surface area contributed by atoms with Gasteiger partial charge in [0, 0.05) is 20.1 Å². The first-order valence-electron chi connectivity index (χ1n) is 7.46. The molecule has 0 spiro atoms. The molecule has 7 nitrogen and oxygen atoms in total. The van der Waals surface area contributed by atoms with E-state index in [-0.39, 0.29) is 6.10 Å². The van der Waals surface area contributed by atoms with Crippen LogP contribution in [-0.4, -0.2) is 66.7 Å². The number of anilines is 2. The molecule has 0 unspecified atom stereocenters. The van der Waals surface area contributed by atoms with Crippen molar-refractivity contribution in [2.75, 3.05) is 51.0 Å². The van der Waals surface area contributed by atoms with Crippen LogP contribution in [0.4, 0.5) is 11.9 Å². The molecular weight excluding hydrogens is 268 g/mol. The maximum atomic E-state index is 5.60. The van der Waals surface area contributed by atoms with Crippen LogP contribution < -0.4 is 15.0 Å². The topological polar surface area (TPSA) is 66.4 Å². The second-order valence-corrected chi connectivity index (χ2v) is 5.39. The van der Waals surface area contributed by atoms with E-state index in [4.69, 9.17) is 4.74 Å². The van der Waals surface area contributed by atoms with Crippen LogP contribution >= 0.6 is 0 Å². The Balaban J connectivity index is 2.85. The standard InChI is InChI=1S/C14H28N6O/c1-7-20(10-8-9-19(5)6)13-16-12(15-4)17-14(18-13)21-11(2)3/h11H,7-10H2,1-6H3,(H,15,16,17,18). The zero-order valence-corrected chi connectivity index (χ0v) is 14.1. The summed E-state index contributed by atoms with van der Waals surface area (Å²) in [5.74, 6) is 1.19. The Morgan fingerprint density at radius 1 is 1.14 bits per heavy atom. The van der Waals surface area contributed by atoms with Gasteiger partial charge in [0.05, 0.1) is 6.10 Å². The summed E-state index contributed by atoms with van der Waals surface area (Å²) in [5.41, 5.74) is 0. The summed E-state index contributed by atoms with van der Waals surface area (Å²) in [6.45, 7) is 8.80. The maximum absolute atomic E-state index is 5.60. The Bertz CT molecular complexity index is 424. The number of hydrogen-bond donors (Lipinski definition) is 1. The van der Waals surface area contributed by atoms with Crippen molar-refractivity contribution in [1.29, 1.82) is 0 Å². The normalized spacial score (nSPS) is 11.0. The second kappa shape index (κ2) is 8.61. The van der Waals surface area contributed by atoms with Gasteiger partial charge in [-0.3, -0.25) is 0 Å². The predicted molar refractivity (Wildman–Crippen MR) is 86.2 cm³/mol. The lowest BCUT2D eigenvalue weighted by molar-refractivity contribution is 0.222. The Hall–Kier alpha value is -1.63. The Morgan fingerprint density at radius 3 is 2.38 bits per heavy atom. The molecule has 0 aromatic carbocycles. The second-order valence-electron chi connectivity index (χ2n) is 5.39. The van der Waals surface area contributed by atoms with E-state index in [0.29, 0.717) is 17.9 Å². The number of nitrogens with zero attached hydrogens (tertiary/aromatic N) is 5. The first kappa shape index (κ1) is 17.4. The van der Waals surface area contributed by atoms with Crippen LogP contribution in [0.5, 0.6) is 6.01 Å². The molecule has 0 aliphatic carbocycles. The molecule has 1 N–H and O–H groups in total. The van der Waals surface area contributed by atoms with Crippen molar-refractivity contribution >= 4 is 11.9 Å². The van der Waals surface area contributed by atoms with E-state index in [1.54, 1.807) is 7.05 Å². The van der Waals surface area contributed by atoms with Crippen molar-refractivity contribution in [3.05, 3.63) is 0 Å². The molecule has 0 fully saturated rings. The van der Waals surface area contributed by atoms with Crippen molar-refractivity contribution in [2.45, 2.75) is 33.3 Å². The lowest BCUT2D eigenvalue weighted by Gasteiger charge is -2.22. The van der Waals surface area contributed by atoms with Crippen LogP contribution in [0.2, 0.25) is 0 Å². The quantitative estimate of drug-likeness (QED) is 0.740. The van der Waals surface area contributed by atoms with Gasteiger partial charge in [-0.2, -0.15) is 15.0 Å². The van der Waals surface area contributed by atoms with Gasteiger partial charge in [-0.15, -0.1) is 0 Å². The van der Waals surface area contributed by atoms with Gasteiger partial charge in [0.25, 0.3) is 0 Å². The summed E-state index contributed by atoms with van der Waals surface area (Å²) in [5, 5.41) is 2.96. The number of hydrogen-bond acceptors (Lipinski definition) is 7. The molecule has 21 heavy (non-hydrogen) atoms. The molecule has 0 radical (unpaired) electrons. The lowest BCUT2D eigenvalue weighted by Crippen LogP contribution is -2.29. The third kappa shape index (κ3) is 6.12. The Morgan fingerprint density at radius 2 is 1.86 bits per heavy atom. The average Bonchev–Trinajstić information content (AvgIpc) is 2.42. The highest BCUT2D eigenvalue weighted by Crippen LogP contribution is 2.16. The van der Waals surface area contributed by atoms with Crippen LogP contribution in [0.25, 0.3) is 0 Å². The van der Waals surface area contributed by atoms with E-state index in [9.17, 15) is 0 Å². The van der Waals surface area contributed by atoms with Crippen LogP contribution in [0, 0.1) is 0 Å². The molecule has 0 bridgehead atoms. The SMILES string of the molecule is CCN(CCCN(C)C)c1nc(NC)nc(OC(C)C)n1. The smallest absolute Gasteiger partial charge is 0.323 e. The van der Waals surface area contributed by atoms with Gasteiger partial charge in [-0.1, -0.05) is 0 Å². The summed E-state index contributed by atoms with van der Waals surface area (Å²) < 4.78 is 5.60.